The number of hydrogen-bond acceptors (Lipinski definition) is 7. The predicted molar refractivity (Wildman–Crippen MR) is 138 cm³/mol. The van der Waals surface area contributed by atoms with Crippen molar-refractivity contribution in [3.8, 4) is 0 Å². The highest BCUT2D eigenvalue weighted by molar-refractivity contribution is 6.09. The molecule has 3 aromatic rings. The second-order valence-corrected chi connectivity index (χ2v) is 9.89. The number of alkyl halides is 3. The van der Waals surface area contributed by atoms with Gasteiger partial charge in [-0.2, -0.15) is 13.2 Å². The largest absolute Gasteiger partial charge is 0.397 e. The van der Waals surface area contributed by atoms with Crippen molar-refractivity contribution in [3.05, 3.63) is 54.0 Å². The van der Waals surface area contributed by atoms with Crippen LogP contribution in [0.15, 0.2) is 42.7 Å². The molecular formula is C26H30F3N7O. The van der Waals surface area contributed by atoms with Gasteiger partial charge in [0.25, 0.3) is 5.91 Å². The quantitative estimate of drug-likeness (QED) is 0.420. The second kappa shape index (κ2) is 10.1. The number of carbonyl (C=O) groups excluding carboxylic acids is 1. The van der Waals surface area contributed by atoms with Crippen molar-refractivity contribution in [2.45, 2.75) is 37.4 Å². The van der Waals surface area contributed by atoms with E-state index in [9.17, 15) is 18.0 Å². The smallest absolute Gasteiger partial charge is 0.393 e. The number of nitrogens with zero attached hydrogens (tertiary/aromatic N) is 3. The number of hydrogen-bond donors (Lipinski definition) is 4. The van der Waals surface area contributed by atoms with Crippen molar-refractivity contribution in [1.29, 1.82) is 0 Å². The Morgan fingerprint density at radius 3 is 2.68 bits per heavy atom. The third-order valence-electron chi connectivity index (χ3n) is 7.23. The molecule has 2 aromatic heterocycles. The molecule has 37 heavy (non-hydrogen) atoms. The lowest BCUT2D eigenvalue weighted by Gasteiger charge is -2.39. The van der Waals surface area contributed by atoms with Crippen LogP contribution in [-0.2, 0) is 0 Å². The highest BCUT2D eigenvalue weighted by Gasteiger charge is 2.44. The molecule has 2 aliphatic heterocycles. The van der Waals surface area contributed by atoms with E-state index in [0.29, 0.717) is 17.1 Å². The van der Waals surface area contributed by atoms with Crippen LogP contribution < -0.4 is 27.0 Å². The zero-order valence-electron chi connectivity index (χ0n) is 20.3. The molecule has 0 bridgehead atoms. The van der Waals surface area contributed by atoms with Crippen LogP contribution in [-0.4, -0.2) is 54.3 Å². The van der Waals surface area contributed by atoms with Gasteiger partial charge in [-0.15, -0.1) is 0 Å². The Balaban J connectivity index is 1.41. The summed E-state index contributed by atoms with van der Waals surface area (Å²) in [6, 6.07) is 8.69. The first-order chi connectivity index (χ1) is 17.7. The van der Waals surface area contributed by atoms with Crippen LogP contribution in [0.4, 0.5) is 30.2 Å². The molecular weight excluding hydrogens is 483 g/mol. The molecule has 0 aliphatic carbocycles. The highest BCUT2D eigenvalue weighted by Crippen LogP contribution is 2.36. The summed E-state index contributed by atoms with van der Waals surface area (Å²) in [6.45, 7) is 1.91. The maximum atomic E-state index is 13.5. The molecule has 11 heteroatoms. The first-order valence-electron chi connectivity index (χ1n) is 12.4. The van der Waals surface area contributed by atoms with Crippen LogP contribution in [0.5, 0.6) is 0 Å². The Morgan fingerprint density at radius 2 is 1.92 bits per heavy atom. The molecule has 2 fully saturated rings. The number of benzene rings is 1. The average Bonchev–Trinajstić information content (AvgIpc) is 2.88. The van der Waals surface area contributed by atoms with E-state index >= 15 is 0 Å². The van der Waals surface area contributed by atoms with Crippen molar-refractivity contribution in [1.82, 2.24) is 15.3 Å². The summed E-state index contributed by atoms with van der Waals surface area (Å²) < 4.78 is 40.4. The molecule has 1 aromatic carbocycles. The Hall–Kier alpha value is -3.44. The Labute approximate surface area is 212 Å². The van der Waals surface area contributed by atoms with Gasteiger partial charge in [0.2, 0.25) is 0 Å². The SMILES string of the molecule is Nc1cc2ccc(C3CCNCC3)cc2nc1C(=O)Nc1cnccc1N1CC(N)C[C@@H](C(F)(F)F)C1. The topological polar surface area (TPSA) is 122 Å². The standard InChI is InChI=1S/C26H30F3N7O/c27-26(28,29)18-11-19(30)14-36(13-18)23-5-8-33-12-22(23)35-25(37)24-20(31)9-17-2-1-16(10-21(17)34-24)15-3-6-32-7-4-15/h1-2,5,8-10,12,15,18-19,32H,3-4,6-7,11,13-14,30-31H2,(H,35,37)/t18-,19?/m1/s1. The maximum Gasteiger partial charge on any atom is 0.393 e. The van der Waals surface area contributed by atoms with Crippen molar-refractivity contribution in [3.63, 3.8) is 0 Å². The number of nitrogens with two attached hydrogens (primary N) is 2. The molecule has 0 spiro atoms. The molecule has 4 heterocycles. The van der Waals surface area contributed by atoms with Gasteiger partial charge in [0.05, 0.1) is 34.7 Å². The van der Waals surface area contributed by atoms with E-state index in [0.717, 1.165) is 31.3 Å². The molecule has 5 rings (SSSR count). The van der Waals surface area contributed by atoms with E-state index in [1.807, 2.05) is 12.1 Å². The lowest BCUT2D eigenvalue weighted by Crippen LogP contribution is -2.51. The van der Waals surface area contributed by atoms with E-state index in [1.54, 1.807) is 17.0 Å². The number of nitrogen functional groups attached to an aromatic ring is 1. The number of piperidine rings is 2. The number of rotatable bonds is 4. The third-order valence-corrected chi connectivity index (χ3v) is 7.23. The van der Waals surface area contributed by atoms with E-state index < -0.39 is 24.0 Å². The van der Waals surface area contributed by atoms with Gasteiger partial charge < -0.3 is 27.0 Å². The van der Waals surface area contributed by atoms with Gasteiger partial charge in [0.15, 0.2) is 5.69 Å². The number of fused-ring (bicyclic) bond motifs is 1. The predicted octanol–water partition coefficient (Wildman–Crippen LogP) is 3.65. The zero-order chi connectivity index (χ0) is 26.2. The molecule has 196 valence electrons. The lowest BCUT2D eigenvalue weighted by atomic mass is 9.89. The second-order valence-electron chi connectivity index (χ2n) is 9.89. The number of carbonyl (C=O) groups is 1. The maximum absolute atomic E-state index is 13.5. The van der Waals surface area contributed by atoms with E-state index in [2.05, 4.69) is 26.7 Å². The average molecular weight is 514 g/mol. The van der Waals surface area contributed by atoms with E-state index in [-0.39, 0.29) is 36.6 Å². The summed E-state index contributed by atoms with van der Waals surface area (Å²) in [4.78, 5) is 23.5. The van der Waals surface area contributed by atoms with Crippen LogP contribution in [0.25, 0.3) is 10.9 Å². The van der Waals surface area contributed by atoms with Gasteiger partial charge in [-0.3, -0.25) is 9.78 Å². The molecule has 6 N–H and O–H groups in total. The fraction of sp³-hybridized carbons (Fsp3) is 0.423. The Kier molecular flexibility index (Phi) is 6.91. The first-order valence-corrected chi connectivity index (χ1v) is 12.4. The third kappa shape index (κ3) is 5.47. The zero-order valence-corrected chi connectivity index (χ0v) is 20.3. The van der Waals surface area contributed by atoms with Crippen LogP contribution in [0.1, 0.15) is 41.2 Å². The highest BCUT2D eigenvalue weighted by atomic mass is 19.4. The van der Waals surface area contributed by atoms with Gasteiger partial charge in [-0.05, 0) is 62.0 Å². The number of anilines is 3. The molecule has 2 aliphatic rings. The van der Waals surface area contributed by atoms with Crippen LogP contribution in [0.2, 0.25) is 0 Å². The number of nitrogens with one attached hydrogen (secondary N) is 2. The minimum atomic E-state index is -4.36. The summed E-state index contributed by atoms with van der Waals surface area (Å²) in [5, 5.41) is 6.95. The van der Waals surface area contributed by atoms with Crippen molar-refractivity contribution >= 4 is 33.9 Å². The monoisotopic (exact) mass is 513 g/mol. The molecule has 0 saturated carbocycles. The molecule has 8 nitrogen and oxygen atoms in total. The summed E-state index contributed by atoms with van der Waals surface area (Å²) in [5.74, 6) is -1.69. The van der Waals surface area contributed by atoms with Gasteiger partial charge in [0, 0.05) is 30.7 Å². The van der Waals surface area contributed by atoms with Crippen molar-refractivity contribution in [2.75, 3.05) is 42.1 Å². The number of pyridine rings is 2. The van der Waals surface area contributed by atoms with Gasteiger partial charge in [-0.1, -0.05) is 12.1 Å². The fourth-order valence-corrected chi connectivity index (χ4v) is 5.30. The lowest BCUT2D eigenvalue weighted by molar-refractivity contribution is -0.177. The summed E-state index contributed by atoms with van der Waals surface area (Å²) in [7, 11) is 0. The van der Waals surface area contributed by atoms with Crippen molar-refractivity contribution in [2.24, 2.45) is 11.7 Å². The normalized spacial score (nSPS) is 21.2. The van der Waals surface area contributed by atoms with Crippen LogP contribution in [0.3, 0.4) is 0 Å². The first kappa shape index (κ1) is 25.2. The summed E-state index contributed by atoms with van der Waals surface area (Å²) in [5.41, 5.74) is 14.9. The molecule has 2 atom stereocenters. The van der Waals surface area contributed by atoms with Gasteiger partial charge in [0.1, 0.15) is 0 Å². The van der Waals surface area contributed by atoms with E-state index in [1.165, 1.54) is 18.0 Å². The molecule has 0 radical (unpaired) electrons. The van der Waals surface area contributed by atoms with Gasteiger partial charge >= 0.3 is 6.18 Å². The number of halogens is 3. The molecule has 1 amide bonds. The van der Waals surface area contributed by atoms with Gasteiger partial charge in [-0.25, -0.2) is 4.98 Å². The Bertz CT molecular complexity index is 1290. The molecule has 1 unspecified atom stereocenters. The van der Waals surface area contributed by atoms with Crippen LogP contribution >= 0.6 is 0 Å². The minimum Gasteiger partial charge on any atom is -0.397 e. The Morgan fingerprint density at radius 1 is 1.14 bits per heavy atom. The molecule has 2 saturated heterocycles. The summed E-state index contributed by atoms with van der Waals surface area (Å²) >= 11 is 0. The van der Waals surface area contributed by atoms with Crippen LogP contribution in [0, 0.1) is 5.92 Å². The van der Waals surface area contributed by atoms with Crippen molar-refractivity contribution < 1.29 is 18.0 Å². The summed E-state index contributed by atoms with van der Waals surface area (Å²) in [6.07, 6.45) is 0.452. The minimum absolute atomic E-state index is 0.0493. The number of aromatic nitrogens is 2. The van der Waals surface area contributed by atoms with E-state index in [4.69, 9.17) is 11.5 Å². The number of amides is 1. The fourth-order valence-electron chi connectivity index (χ4n) is 5.30.